The molecule has 1 aromatic heterocycles. The van der Waals surface area contributed by atoms with Gasteiger partial charge in [-0.15, -0.1) is 0 Å². The number of likely N-dealkylation sites (tertiary alicyclic amines) is 1. The summed E-state index contributed by atoms with van der Waals surface area (Å²) in [6, 6.07) is 14.4. The van der Waals surface area contributed by atoms with Gasteiger partial charge in [-0.2, -0.15) is 0 Å². The fourth-order valence-corrected chi connectivity index (χ4v) is 3.81. The van der Waals surface area contributed by atoms with Gasteiger partial charge in [0, 0.05) is 19.6 Å². The van der Waals surface area contributed by atoms with Crippen LogP contribution in [0.2, 0.25) is 0 Å². The second-order valence-corrected chi connectivity index (χ2v) is 6.97. The van der Waals surface area contributed by atoms with Crippen molar-refractivity contribution >= 4 is 16.9 Å². The molecule has 2 aromatic carbocycles. The number of carbonyl (C=O) groups is 1. The lowest BCUT2D eigenvalue weighted by molar-refractivity contribution is 0.0678. The van der Waals surface area contributed by atoms with E-state index in [9.17, 15) is 9.18 Å². The van der Waals surface area contributed by atoms with Gasteiger partial charge in [0.15, 0.2) is 0 Å². The minimum Gasteiger partial charge on any atom is -0.339 e. The molecular formula is C21H22FN3O. The maximum Gasteiger partial charge on any atom is 0.256 e. The van der Waals surface area contributed by atoms with E-state index < -0.39 is 5.82 Å². The number of carbonyl (C=O) groups excluding carboxylic acids is 1. The standard InChI is InChI=1S/C21H22FN3O/c1-15-23-19-8-4-5-9-20(19)25(15)14-16-10-12-24(13-11-16)21(26)17-6-2-3-7-18(17)22/h2-9,16H,10-14H2,1H3. The molecule has 134 valence electrons. The highest BCUT2D eigenvalue weighted by atomic mass is 19.1. The molecule has 0 atom stereocenters. The Morgan fingerprint density at radius 1 is 1.12 bits per heavy atom. The van der Waals surface area contributed by atoms with Gasteiger partial charge < -0.3 is 9.47 Å². The van der Waals surface area contributed by atoms with Gasteiger partial charge in [0.2, 0.25) is 0 Å². The third kappa shape index (κ3) is 3.09. The van der Waals surface area contributed by atoms with Crippen LogP contribution >= 0.6 is 0 Å². The highest BCUT2D eigenvalue weighted by Crippen LogP contribution is 2.24. The number of fused-ring (bicyclic) bond motifs is 1. The molecule has 2 heterocycles. The van der Waals surface area contributed by atoms with Gasteiger partial charge >= 0.3 is 0 Å². The summed E-state index contributed by atoms with van der Waals surface area (Å²) in [6.45, 7) is 4.29. The Morgan fingerprint density at radius 2 is 1.81 bits per heavy atom. The fourth-order valence-electron chi connectivity index (χ4n) is 3.81. The maximum absolute atomic E-state index is 13.9. The molecule has 0 spiro atoms. The van der Waals surface area contributed by atoms with Crippen LogP contribution in [0.5, 0.6) is 0 Å². The first-order valence-corrected chi connectivity index (χ1v) is 9.09. The Kier molecular flexibility index (Phi) is 4.45. The second-order valence-electron chi connectivity index (χ2n) is 6.97. The number of para-hydroxylation sites is 2. The number of amides is 1. The Bertz CT molecular complexity index is 941. The number of piperidine rings is 1. The van der Waals surface area contributed by atoms with Crippen molar-refractivity contribution in [3.63, 3.8) is 0 Å². The van der Waals surface area contributed by atoms with Gasteiger partial charge in [0.25, 0.3) is 5.91 Å². The average molecular weight is 351 g/mol. The zero-order valence-electron chi connectivity index (χ0n) is 14.9. The molecule has 0 radical (unpaired) electrons. The maximum atomic E-state index is 13.9. The van der Waals surface area contributed by atoms with Crippen LogP contribution in [0.25, 0.3) is 11.0 Å². The predicted molar refractivity (Wildman–Crippen MR) is 99.5 cm³/mol. The molecule has 1 aliphatic heterocycles. The van der Waals surface area contributed by atoms with E-state index in [1.54, 1.807) is 23.1 Å². The van der Waals surface area contributed by atoms with Gasteiger partial charge in [-0.3, -0.25) is 4.79 Å². The minimum absolute atomic E-state index is 0.169. The van der Waals surface area contributed by atoms with E-state index in [0.29, 0.717) is 19.0 Å². The Balaban J connectivity index is 1.43. The first-order chi connectivity index (χ1) is 12.6. The van der Waals surface area contributed by atoms with Crippen LogP contribution in [0.15, 0.2) is 48.5 Å². The van der Waals surface area contributed by atoms with Crippen LogP contribution in [-0.4, -0.2) is 33.4 Å². The van der Waals surface area contributed by atoms with Crippen molar-refractivity contribution in [2.45, 2.75) is 26.3 Å². The number of aromatic nitrogens is 2. The van der Waals surface area contributed by atoms with Crippen LogP contribution < -0.4 is 0 Å². The van der Waals surface area contributed by atoms with Gasteiger partial charge in [0.05, 0.1) is 16.6 Å². The molecule has 0 aliphatic carbocycles. The van der Waals surface area contributed by atoms with E-state index in [0.717, 1.165) is 36.2 Å². The molecule has 0 bridgehead atoms. The summed E-state index contributed by atoms with van der Waals surface area (Å²) in [6.07, 6.45) is 1.85. The monoisotopic (exact) mass is 351 g/mol. The van der Waals surface area contributed by atoms with Gasteiger partial charge in [-0.1, -0.05) is 24.3 Å². The average Bonchev–Trinajstić information content (AvgIpc) is 2.98. The van der Waals surface area contributed by atoms with Crippen molar-refractivity contribution in [1.82, 2.24) is 14.5 Å². The molecule has 1 fully saturated rings. The number of imidazole rings is 1. The largest absolute Gasteiger partial charge is 0.339 e. The van der Waals surface area contributed by atoms with Crippen LogP contribution in [0.4, 0.5) is 4.39 Å². The molecular weight excluding hydrogens is 329 g/mol. The van der Waals surface area contributed by atoms with Crippen molar-refractivity contribution in [3.05, 3.63) is 65.7 Å². The SMILES string of the molecule is Cc1nc2ccccc2n1CC1CCN(C(=O)c2ccccc2F)CC1. The Hall–Kier alpha value is -2.69. The zero-order chi connectivity index (χ0) is 18.1. The molecule has 4 rings (SSSR count). The van der Waals surface area contributed by atoms with Crippen molar-refractivity contribution in [2.24, 2.45) is 5.92 Å². The number of benzene rings is 2. The van der Waals surface area contributed by atoms with Crippen molar-refractivity contribution in [1.29, 1.82) is 0 Å². The fraction of sp³-hybridized carbons (Fsp3) is 0.333. The van der Waals surface area contributed by atoms with Crippen LogP contribution in [0.1, 0.15) is 29.0 Å². The number of halogens is 1. The number of rotatable bonds is 3. The summed E-state index contributed by atoms with van der Waals surface area (Å²) in [5, 5.41) is 0. The molecule has 1 amide bonds. The molecule has 26 heavy (non-hydrogen) atoms. The second kappa shape index (κ2) is 6.90. The molecule has 1 aliphatic rings. The summed E-state index contributed by atoms with van der Waals surface area (Å²) < 4.78 is 16.1. The first-order valence-electron chi connectivity index (χ1n) is 9.09. The van der Waals surface area contributed by atoms with Crippen LogP contribution in [0.3, 0.4) is 0 Å². The predicted octanol–water partition coefficient (Wildman–Crippen LogP) is 4.04. The lowest BCUT2D eigenvalue weighted by Crippen LogP contribution is -2.39. The molecule has 3 aromatic rings. The topological polar surface area (TPSA) is 38.1 Å². The van der Waals surface area contributed by atoms with Crippen LogP contribution in [-0.2, 0) is 6.54 Å². The van der Waals surface area contributed by atoms with Crippen molar-refractivity contribution < 1.29 is 9.18 Å². The summed E-state index contributed by atoms with van der Waals surface area (Å²) in [5.74, 6) is 0.873. The minimum atomic E-state index is -0.444. The van der Waals surface area contributed by atoms with Crippen molar-refractivity contribution in [2.75, 3.05) is 13.1 Å². The van der Waals surface area contributed by atoms with Gasteiger partial charge in [-0.25, -0.2) is 9.37 Å². The van der Waals surface area contributed by atoms with E-state index in [2.05, 4.69) is 15.6 Å². The third-order valence-corrected chi connectivity index (χ3v) is 5.29. The summed E-state index contributed by atoms with van der Waals surface area (Å²) >= 11 is 0. The number of nitrogens with zero attached hydrogens (tertiary/aromatic N) is 3. The molecule has 5 heteroatoms. The van der Waals surface area contributed by atoms with E-state index in [4.69, 9.17) is 0 Å². The quantitative estimate of drug-likeness (QED) is 0.714. The van der Waals surface area contributed by atoms with E-state index in [-0.39, 0.29) is 11.5 Å². The lowest BCUT2D eigenvalue weighted by atomic mass is 9.96. The molecule has 4 nitrogen and oxygen atoms in total. The van der Waals surface area contributed by atoms with Gasteiger partial charge in [-0.05, 0) is 49.9 Å². The summed E-state index contributed by atoms with van der Waals surface area (Å²) in [4.78, 5) is 18.9. The van der Waals surface area contributed by atoms with Gasteiger partial charge in [0.1, 0.15) is 11.6 Å². The molecule has 0 N–H and O–H groups in total. The summed E-state index contributed by atoms with van der Waals surface area (Å²) in [7, 11) is 0. The van der Waals surface area contributed by atoms with E-state index >= 15 is 0 Å². The molecule has 0 saturated carbocycles. The number of aryl methyl sites for hydroxylation is 1. The normalized spacial score (nSPS) is 15.5. The van der Waals surface area contributed by atoms with E-state index in [1.807, 2.05) is 25.1 Å². The first kappa shape index (κ1) is 16.8. The van der Waals surface area contributed by atoms with E-state index in [1.165, 1.54) is 6.07 Å². The molecule has 0 unspecified atom stereocenters. The van der Waals surface area contributed by atoms with Crippen LogP contribution in [0, 0.1) is 18.7 Å². The van der Waals surface area contributed by atoms with Crippen molar-refractivity contribution in [3.8, 4) is 0 Å². The summed E-state index contributed by atoms with van der Waals surface area (Å²) in [5.41, 5.74) is 2.36. The number of hydrogen-bond acceptors (Lipinski definition) is 2. The highest BCUT2D eigenvalue weighted by molar-refractivity contribution is 5.94. The lowest BCUT2D eigenvalue weighted by Gasteiger charge is -2.32. The number of hydrogen-bond donors (Lipinski definition) is 0. The molecule has 1 saturated heterocycles. The highest BCUT2D eigenvalue weighted by Gasteiger charge is 2.26. The Labute approximate surface area is 152 Å². The Morgan fingerprint density at radius 3 is 2.58 bits per heavy atom. The third-order valence-electron chi connectivity index (χ3n) is 5.29. The smallest absolute Gasteiger partial charge is 0.256 e. The zero-order valence-corrected chi connectivity index (χ0v) is 14.9.